The summed E-state index contributed by atoms with van der Waals surface area (Å²) in [6, 6.07) is 0.432. The predicted molar refractivity (Wildman–Crippen MR) is 58.0 cm³/mol. The highest BCUT2D eigenvalue weighted by atomic mass is 127. The third kappa shape index (κ3) is 1.96. The zero-order valence-electron chi connectivity index (χ0n) is 6.51. The van der Waals surface area contributed by atoms with Crippen molar-refractivity contribution >= 4 is 38.5 Å². The van der Waals surface area contributed by atoms with E-state index in [0.717, 1.165) is 9.03 Å². The first-order valence-corrected chi connectivity index (χ1v) is 5.76. The summed E-state index contributed by atoms with van der Waals surface area (Å²) in [5.41, 5.74) is 1.26. The molecule has 0 saturated carbocycles. The second kappa shape index (κ2) is 3.89. The van der Waals surface area contributed by atoms with Crippen molar-refractivity contribution in [3.8, 4) is 0 Å². The molecule has 0 saturated heterocycles. The van der Waals surface area contributed by atoms with Gasteiger partial charge < -0.3 is 0 Å². The number of rotatable bonds is 2. The number of halogens is 2. The van der Waals surface area contributed by atoms with Crippen LogP contribution < -0.4 is 0 Å². The molecular formula is C7H10BrIN2. The summed E-state index contributed by atoms with van der Waals surface area (Å²) in [5.74, 6) is 0. The summed E-state index contributed by atoms with van der Waals surface area (Å²) in [6.45, 7) is 4.24. The minimum atomic E-state index is 0.432. The monoisotopic (exact) mass is 328 g/mol. The molecule has 11 heavy (non-hydrogen) atoms. The molecule has 0 aliphatic carbocycles. The van der Waals surface area contributed by atoms with Gasteiger partial charge in [-0.3, -0.25) is 4.68 Å². The lowest BCUT2D eigenvalue weighted by Crippen LogP contribution is -2.02. The fourth-order valence-corrected chi connectivity index (χ4v) is 2.66. The number of hydrogen-bond donors (Lipinski definition) is 0. The minimum absolute atomic E-state index is 0.432. The van der Waals surface area contributed by atoms with Gasteiger partial charge in [-0.1, -0.05) is 22.6 Å². The molecule has 0 radical (unpaired) electrons. The van der Waals surface area contributed by atoms with Crippen LogP contribution in [0.2, 0.25) is 0 Å². The first kappa shape index (κ1) is 9.51. The van der Waals surface area contributed by atoms with E-state index in [2.05, 4.69) is 57.5 Å². The van der Waals surface area contributed by atoms with Crippen LogP contribution in [0.15, 0.2) is 10.8 Å². The van der Waals surface area contributed by atoms with Gasteiger partial charge in [0.1, 0.15) is 4.60 Å². The first-order valence-electron chi connectivity index (χ1n) is 3.44. The van der Waals surface area contributed by atoms with Crippen molar-refractivity contribution in [2.75, 3.05) is 0 Å². The van der Waals surface area contributed by atoms with E-state index >= 15 is 0 Å². The molecule has 0 fully saturated rings. The van der Waals surface area contributed by atoms with Gasteiger partial charge in [-0.15, -0.1) is 0 Å². The molecule has 0 aliphatic rings. The SMILES string of the molecule is CC(C)n1ncc(CI)c1Br. The van der Waals surface area contributed by atoms with E-state index < -0.39 is 0 Å². The van der Waals surface area contributed by atoms with Crippen LogP contribution >= 0.6 is 38.5 Å². The lowest BCUT2D eigenvalue weighted by molar-refractivity contribution is 0.521. The molecule has 1 aromatic rings. The van der Waals surface area contributed by atoms with Gasteiger partial charge in [-0.2, -0.15) is 5.10 Å². The molecule has 62 valence electrons. The summed E-state index contributed by atoms with van der Waals surface area (Å²) in [6.07, 6.45) is 1.91. The Labute approximate surface area is 88.6 Å². The molecule has 2 nitrogen and oxygen atoms in total. The Morgan fingerprint density at radius 1 is 1.73 bits per heavy atom. The lowest BCUT2D eigenvalue weighted by atomic mass is 10.4. The van der Waals surface area contributed by atoms with E-state index in [1.54, 1.807) is 0 Å². The molecule has 1 aromatic heterocycles. The number of hydrogen-bond acceptors (Lipinski definition) is 1. The fourth-order valence-electron chi connectivity index (χ4n) is 0.833. The van der Waals surface area contributed by atoms with E-state index in [0.29, 0.717) is 6.04 Å². The summed E-state index contributed by atoms with van der Waals surface area (Å²) in [5, 5.41) is 4.25. The van der Waals surface area contributed by atoms with Crippen LogP contribution in [0.5, 0.6) is 0 Å². The summed E-state index contributed by atoms with van der Waals surface area (Å²) >= 11 is 5.84. The van der Waals surface area contributed by atoms with Gasteiger partial charge in [0.05, 0.1) is 6.20 Å². The van der Waals surface area contributed by atoms with Crippen molar-refractivity contribution in [2.45, 2.75) is 24.3 Å². The van der Waals surface area contributed by atoms with Gasteiger partial charge in [-0.05, 0) is 29.8 Å². The molecule has 0 aliphatic heterocycles. The van der Waals surface area contributed by atoms with Crippen LogP contribution in [0.25, 0.3) is 0 Å². The van der Waals surface area contributed by atoms with Crippen molar-refractivity contribution in [3.05, 3.63) is 16.4 Å². The maximum Gasteiger partial charge on any atom is 0.108 e. The van der Waals surface area contributed by atoms with Crippen molar-refractivity contribution in [1.29, 1.82) is 0 Å². The van der Waals surface area contributed by atoms with E-state index in [9.17, 15) is 0 Å². The Morgan fingerprint density at radius 3 is 2.64 bits per heavy atom. The summed E-state index contributed by atoms with van der Waals surface area (Å²) in [4.78, 5) is 0. The third-order valence-electron chi connectivity index (χ3n) is 1.44. The van der Waals surface area contributed by atoms with Crippen LogP contribution in [0.1, 0.15) is 25.5 Å². The van der Waals surface area contributed by atoms with Crippen LogP contribution in [0, 0.1) is 0 Å². The second-order valence-corrected chi connectivity index (χ2v) is 4.15. The maximum absolute atomic E-state index is 4.25. The summed E-state index contributed by atoms with van der Waals surface area (Å²) in [7, 11) is 0. The Kier molecular flexibility index (Phi) is 3.36. The average molecular weight is 329 g/mol. The molecule has 0 aromatic carbocycles. The van der Waals surface area contributed by atoms with Crippen LogP contribution in [0.3, 0.4) is 0 Å². The standard InChI is InChI=1S/C7H10BrIN2/c1-5(2)11-7(8)6(3-9)4-10-11/h4-5H,3H2,1-2H3. The largest absolute Gasteiger partial charge is 0.256 e. The van der Waals surface area contributed by atoms with Crippen molar-refractivity contribution in [2.24, 2.45) is 0 Å². The van der Waals surface area contributed by atoms with E-state index in [1.165, 1.54) is 5.56 Å². The van der Waals surface area contributed by atoms with Crippen molar-refractivity contribution < 1.29 is 0 Å². The maximum atomic E-state index is 4.25. The normalized spacial score (nSPS) is 11.0. The van der Waals surface area contributed by atoms with Crippen LogP contribution in [-0.4, -0.2) is 9.78 Å². The van der Waals surface area contributed by atoms with Crippen molar-refractivity contribution in [1.82, 2.24) is 9.78 Å². The highest BCUT2D eigenvalue weighted by Gasteiger charge is 2.08. The Morgan fingerprint density at radius 2 is 2.36 bits per heavy atom. The van der Waals surface area contributed by atoms with Gasteiger partial charge in [0.25, 0.3) is 0 Å². The van der Waals surface area contributed by atoms with Crippen molar-refractivity contribution in [3.63, 3.8) is 0 Å². The average Bonchev–Trinajstić information content (AvgIpc) is 2.30. The second-order valence-electron chi connectivity index (χ2n) is 2.63. The molecule has 0 N–H and O–H groups in total. The molecule has 0 amide bonds. The molecule has 0 spiro atoms. The Balaban J connectivity index is 3.00. The molecule has 1 rings (SSSR count). The molecule has 1 heterocycles. The highest BCUT2D eigenvalue weighted by Crippen LogP contribution is 2.21. The first-order chi connectivity index (χ1) is 5.16. The van der Waals surface area contributed by atoms with Crippen LogP contribution in [0.4, 0.5) is 0 Å². The van der Waals surface area contributed by atoms with Gasteiger partial charge in [0.15, 0.2) is 0 Å². The fraction of sp³-hybridized carbons (Fsp3) is 0.571. The van der Waals surface area contributed by atoms with E-state index in [-0.39, 0.29) is 0 Å². The Bertz CT molecular complexity index is 245. The van der Waals surface area contributed by atoms with Gasteiger partial charge >= 0.3 is 0 Å². The number of alkyl halides is 1. The Hall–Kier alpha value is 0.420. The predicted octanol–water partition coefficient (Wildman–Crippen LogP) is 3.16. The minimum Gasteiger partial charge on any atom is -0.256 e. The molecule has 0 atom stereocenters. The quantitative estimate of drug-likeness (QED) is 0.602. The zero-order chi connectivity index (χ0) is 8.43. The van der Waals surface area contributed by atoms with E-state index in [1.807, 2.05) is 10.9 Å². The van der Waals surface area contributed by atoms with E-state index in [4.69, 9.17) is 0 Å². The lowest BCUT2D eigenvalue weighted by Gasteiger charge is -2.06. The van der Waals surface area contributed by atoms with Gasteiger partial charge in [0.2, 0.25) is 0 Å². The molecule has 0 bridgehead atoms. The van der Waals surface area contributed by atoms with Gasteiger partial charge in [-0.25, -0.2) is 0 Å². The van der Waals surface area contributed by atoms with Gasteiger partial charge in [0, 0.05) is 16.0 Å². The smallest absolute Gasteiger partial charge is 0.108 e. The zero-order valence-corrected chi connectivity index (χ0v) is 10.3. The summed E-state index contributed by atoms with van der Waals surface area (Å²) < 4.78 is 4.10. The topological polar surface area (TPSA) is 17.8 Å². The number of nitrogens with zero attached hydrogens (tertiary/aromatic N) is 2. The number of aromatic nitrogens is 2. The molecular weight excluding hydrogens is 319 g/mol. The molecule has 0 unspecified atom stereocenters. The van der Waals surface area contributed by atoms with Crippen LogP contribution in [-0.2, 0) is 4.43 Å². The third-order valence-corrected chi connectivity index (χ3v) is 3.13. The highest BCUT2D eigenvalue weighted by molar-refractivity contribution is 14.1. The molecule has 4 heteroatoms.